The molecule has 1 saturated heterocycles. The summed E-state index contributed by atoms with van der Waals surface area (Å²) in [6, 6.07) is 4.11. The van der Waals surface area contributed by atoms with Crippen LogP contribution >= 0.6 is 23.1 Å². The van der Waals surface area contributed by atoms with Crippen LogP contribution in [-0.2, 0) is 25.8 Å². The SMILES string of the molecule is CO/N=C(\C(=O)N[C@@H]1C(=O)N2C(C(=O)[O-])=C(Cn3c(C(=O)O)c[n+]4ccccc34)CS[C@H]12)c1csc(N)n1. The van der Waals surface area contributed by atoms with E-state index in [2.05, 4.69) is 15.5 Å². The number of pyridine rings is 1. The molecule has 14 nitrogen and oxygen atoms in total. The van der Waals surface area contributed by atoms with Gasteiger partial charge in [0.05, 0.1) is 17.9 Å². The summed E-state index contributed by atoms with van der Waals surface area (Å²) in [4.78, 5) is 59.8. The molecule has 0 spiro atoms. The number of aromatic nitrogens is 3. The first-order valence-corrected chi connectivity index (χ1v) is 12.9. The number of carbonyl (C=O) groups is 4. The quantitative estimate of drug-likeness (QED) is 0.126. The van der Waals surface area contributed by atoms with Crippen LogP contribution in [0.4, 0.5) is 5.13 Å². The third kappa shape index (κ3) is 4.22. The van der Waals surface area contributed by atoms with Gasteiger partial charge in [0.1, 0.15) is 30.8 Å². The molecule has 2 aliphatic rings. The number of nitrogens with one attached hydrogen (secondary N) is 1. The highest BCUT2D eigenvalue weighted by molar-refractivity contribution is 8.00. The lowest BCUT2D eigenvalue weighted by Crippen LogP contribution is -2.71. The minimum Gasteiger partial charge on any atom is -0.543 e. The van der Waals surface area contributed by atoms with E-state index in [-0.39, 0.29) is 40.2 Å². The molecule has 0 radical (unpaired) electrons. The molecule has 5 rings (SSSR count). The van der Waals surface area contributed by atoms with Crippen molar-refractivity contribution in [2.24, 2.45) is 5.16 Å². The van der Waals surface area contributed by atoms with E-state index in [9.17, 15) is 29.4 Å². The summed E-state index contributed by atoms with van der Waals surface area (Å²) in [7, 11) is 1.25. The fraction of sp³-hybridized carbons (Fsp3) is 0.227. The second-order valence-electron chi connectivity index (χ2n) is 8.17. The number of imidazole rings is 1. The first-order chi connectivity index (χ1) is 18.2. The monoisotopic (exact) mass is 557 g/mol. The minimum atomic E-state index is -1.58. The van der Waals surface area contributed by atoms with Gasteiger partial charge in [0.25, 0.3) is 23.2 Å². The van der Waals surface area contributed by atoms with Crippen LogP contribution in [0.2, 0.25) is 0 Å². The molecule has 0 bridgehead atoms. The van der Waals surface area contributed by atoms with Gasteiger partial charge in [-0.2, -0.15) is 0 Å². The molecule has 5 heterocycles. The summed E-state index contributed by atoms with van der Waals surface area (Å²) in [5.74, 6) is -4.02. The maximum atomic E-state index is 13.1. The van der Waals surface area contributed by atoms with Gasteiger partial charge in [-0.05, 0) is 6.07 Å². The number of oxime groups is 1. The Balaban J connectivity index is 1.42. The van der Waals surface area contributed by atoms with Crippen LogP contribution in [0.5, 0.6) is 0 Å². The number of nitrogens with zero attached hydrogens (tertiary/aromatic N) is 5. The number of carbonyl (C=O) groups excluding carboxylic acids is 3. The fourth-order valence-corrected chi connectivity index (χ4v) is 6.22. The molecule has 3 aromatic heterocycles. The molecular weight excluding hydrogens is 538 g/mol. The van der Waals surface area contributed by atoms with Crippen molar-refractivity contribution in [2.45, 2.75) is 18.0 Å². The number of hydrogen-bond acceptors (Lipinski definition) is 11. The van der Waals surface area contributed by atoms with Crippen LogP contribution < -0.4 is 20.6 Å². The molecule has 3 aromatic rings. The zero-order valence-electron chi connectivity index (χ0n) is 19.6. The molecule has 0 saturated carbocycles. The topological polar surface area (TPSA) is 196 Å². The number of nitrogen functional groups attached to an aromatic ring is 1. The maximum absolute atomic E-state index is 13.1. The first-order valence-electron chi connectivity index (χ1n) is 11.0. The highest BCUT2D eigenvalue weighted by Crippen LogP contribution is 2.40. The van der Waals surface area contributed by atoms with Gasteiger partial charge in [-0.3, -0.25) is 14.5 Å². The smallest absolute Gasteiger partial charge is 0.379 e. The van der Waals surface area contributed by atoms with Crippen LogP contribution in [0.1, 0.15) is 16.2 Å². The summed E-state index contributed by atoms with van der Waals surface area (Å²) in [6.07, 6.45) is 3.09. The van der Waals surface area contributed by atoms with E-state index in [1.165, 1.54) is 35.0 Å². The summed E-state index contributed by atoms with van der Waals surface area (Å²) < 4.78 is 3.06. The van der Waals surface area contributed by atoms with Gasteiger partial charge in [0.15, 0.2) is 17.0 Å². The molecule has 1 fully saturated rings. The number of aliphatic carboxylic acids is 1. The zero-order chi connectivity index (χ0) is 27.1. The number of anilines is 1. The van der Waals surface area contributed by atoms with Crippen molar-refractivity contribution >= 4 is 63.3 Å². The minimum absolute atomic E-state index is 0.0544. The Hall–Kier alpha value is -4.44. The van der Waals surface area contributed by atoms with E-state index in [1.807, 2.05) is 0 Å². The Labute approximate surface area is 222 Å². The van der Waals surface area contributed by atoms with Crippen LogP contribution in [0.15, 0.2) is 52.4 Å². The predicted molar refractivity (Wildman–Crippen MR) is 132 cm³/mol. The molecule has 16 heteroatoms. The average Bonchev–Trinajstić information content (AvgIpc) is 3.48. The van der Waals surface area contributed by atoms with Crippen molar-refractivity contribution < 1.29 is 38.6 Å². The largest absolute Gasteiger partial charge is 0.543 e. The number of rotatable bonds is 8. The summed E-state index contributed by atoms with van der Waals surface area (Å²) in [6.45, 7) is -0.0954. The second kappa shape index (κ2) is 9.79. The molecular formula is C22H19N7O7S2. The highest BCUT2D eigenvalue weighted by Gasteiger charge is 2.53. The highest BCUT2D eigenvalue weighted by atomic mass is 32.2. The van der Waals surface area contributed by atoms with E-state index in [0.717, 1.165) is 16.2 Å². The van der Waals surface area contributed by atoms with E-state index >= 15 is 0 Å². The van der Waals surface area contributed by atoms with E-state index in [0.29, 0.717) is 11.2 Å². The predicted octanol–water partition coefficient (Wildman–Crippen LogP) is -1.58. The Morgan fingerprint density at radius 2 is 2.18 bits per heavy atom. The van der Waals surface area contributed by atoms with Crippen LogP contribution in [-0.4, -0.2) is 73.3 Å². The van der Waals surface area contributed by atoms with Gasteiger partial charge in [-0.15, -0.1) is 23.1 Å². The lowest BCUT2D eigenvalue weighted by atomic mass is 10.0. The molecule has 2 amide bonds. The molecule has 196 valence electrons. The number of aromatic carboxylic acids is 1. The molecule has 0 aromatic carbocycles. The molecule has 2 atom stereocenters. The zero-order valence-corrected chi connectivity index (χ0v) is 21.2. The van der Waals surface area contributed by atoms with Crippen molar-refractivity contribution in [3.05, 3.63) is 58.6 Å². The Bertz CT molecular complexity index is 1560. The molecule has 2 aliphatic heterocycles. The van der Waals surface area contributed by atoms with Crippen LogP contribution in [0, 0.1) is 0 Å². The first kappa shape index (κ1) is 25.2. The number of amides is 2. The van der Waals surface area contributed by atoms with Crippen molar-refractivity contribution in [3.63, 3.8) is 0 Å². The normalized spacial score (nSPS) is 19.2. The molecule has 0 unspecified atom stereocenters. The van der Waals surface area contributed by atoms with E-state index in [4.69, 9.17) is 10.6 Å². The van der Waals surface area contributed by atoms with Gasteiger partial charge >= 0.3 is 5.97 Å². The van der Waals surface area contributed by atoms with Crippen molar-refractivity contribution in [1.29, 1.82) is 0 Å². The Morgan fingerprint density at radius 1 is 1.39 bits per heavy atom. The number of β-lactam (4-membered cyclic amide) rings is 1. The number of nitrogens with two attached hydrogens (primary N) is 1. The van der Waals surface area contributed by atoms with Crippen LogP contribution in [0.3, 0.4) is 0 Å². The number of carboxylic acids is 2. The third-order valence-electron chi connectivity index (χ3n) is 5.95. The van der Waals surface area contributed by atoms with Crippen molar-refractivity contribution in [2.75, 3.05) is 18.6 Å². The third-order valence-corrected chi connectivity index (χ3v) is 7.97. The fourth-order valence-electron chi connectivity index (χ4n) is 4.33. The standard InChI is InChI=1S/C22H19N7O7S2/c1-36-26-14(11-9-38-22(23)24-11)17(30)25-15-18(31)29-16(21(34)35)10(8-37-19(15)29)6-28-12(20(32)33)7-27-5-3-2-4-13(27)28/h2-5,7,9,15,19H,6,8H2,1H3,(H4-,23,24,25,30,32,33,34,35)/b26-14-/t15-,19-/m1/s1. The lowest BCUT2D eigenvalue weighted by Gasteiger charge is -2.50. The number of thioether (sulfide) groups is 1. The Morgan fingerprint density at radius 3 is 2.84 bits per heavy atom. The maximum Gasteiger partial charge on any atom is 0.379 e. The number of carboxylic acid groups (broad SMARTS) is 2. The van der Waals surface area contributed by atoms with E-state index < -0.39 is 35.2 Å². The summed E-state index contributed by atoms with van der Waals surface area (Å²) in [5, 5.41) is 29.1. The van der Waals surface area contributed by atoms with Crippen molar-refractivity contribution in [3.8, 4) is 0 Å². The molecule has 4 N–H and O–H groups in total. The average molecular weight is 558 g/mol. The number of thiazole rings is 1. The number of hydrogen-bond donors (Lipinski definition) is 3. The van der Waals surface area contributed by atoms with E-state index in [1.54, 1.807) is 28.8 Å². The van der Waals surface area contributed by atoms with Gasteiger partial charge in [0, 0.05) is 22.8 Å². The van der Waals surface area contributed by atoms with Crippen LogP contribution in [0.25, 0.3) is 5.65 Å². The van der Waals surface area contributed by atoms with Gasteiger partial charge in [-0.25, -0.2) is 18.7 Å². The summed E-state index contributed by atoms with van der Waals surface area (Å²) in [5.41, 5.74) is 6.03. The van der Waals surface area contributed by atoms with Gasteiger partial charge in [0.2, 0.25) is 0 Å². The number of fused-ring (bicyclic) bond motifs is 2. The Kier molecular flexibility index (Phi) is 6.50. The van der Waals surface area contributed by atoms with Crippen molar-refractivity contribution in [1.82, 2.24) is 19.8 Å². The molecule has 0 aliphatic carbocycles. The summed E-state index contributed by atoms with van der Waals surface area (Å²) >= 11 is 2.33. The second-order valence-corrected chi connectivity index (χ2v) is 10.2. The van der Waals surface area contributed by atoms with Gasteiger partial charge < -0.3 is 30.9 Å². The van der Waals surface area contributed by atoms with Gasteiger partial charge in [-0.1, -0.05) is 11.2 Å². The molecule has 38 heavy (non-hydrogen) atoms. The lowest BCUT2D eigenvalue weighted by molar-refractivity contribution is -0.510.